The van der Waals surface area contributed by atoms with E-state index in [1.807, 2.05) is 35.2 Å². The molecule has 0 saturated carbocycles. The van der Waals surface area contributed by atoms with Crippen LogP contribution in [0.4, 0.5) is 4.79 Å². The fourth-order valence-corrected chi connectivity index (χ4v) is 3.33. The summed E-state index contributed by atoms with van der Waals surface area (Å²) < 4.78 is 0. The predicted molar refractivity (Wildman–Crippen MR) is 95.4 cm³/mol. The van der Waals surface area contributed by atoms with Crippen LogP contribution in [0.3, 0.4) is 0 Å². The fourth-order valence-electron chi connectivity index (χ4n) is 3.33. The van der Waals surface area contributed by atoms with Crippen molar-refractivity contribution in [3.63, 3.8) is 0 Å². The third-order valence-corrected chi connectivity index (χ3v) is 4.56. The number of nitrogens with one attached hydrogen (secondary N) is 1. The van der Waals surface area contributed by atoms with Gasteiger partial charge in [0, 0.05) is 13.1 Å². The molecule has 2 aromatic rings. The Bertz CT molecular complexity index is 746. The summed E-state index contributed by atoms with van der Waals surface area (Å²) in [5, 5.41) is 11.5. The van der Waals surface area contributed by atoms with E-state index in [1.54, 1.807) is 0 Å². The molecule has 25 heavy (non-hydrogen) atoms. The predicted octanol–water partition coefficient (Wildman–Crippen LogP) is 3.01. The highest BCUT2D eigenvalue weighted by Gasteiger charge is 2.30. The minimum atomic E-state index is -0.912. The fraction of sp³-hybridized carbons (Fsp3) is 0.300. The van der Waals surface area contributed by atoms with Crippen LogP contribution >= 0.6 is 0 Å². The number of benzene rings is 2. The normalized spacial score (nSPS) is 16.2. The molecule has 1 heterocycles. The average molecular weight is 338 g/mol. The van der Waals surface area contributed by atoms with Gasteiger partial charge in [0.05, 0.1) is 12.5 Å². The van der Waals surface area contributed by atoms with Gasteiger partial charge < -0.3 is 15.3 Å². The second kappa shape index (κ2) is 7.83. The number of aliphatic carboxylic acids is 1. The number of carbonyl (C=O) groups excluding carboxylic acids is 1. The van der Waals surface area contributed by atoms with Crippen molar-refractivity contribution in [2.45, 2.75) is 25.3 Å². The van der Waals surface area contributed by atoms with E-state index in [0.29, 0.717) is 6.54 Å². The Morgan fingerprint density at radius 2 is 1.80 bits per heavy atom. The molecule has 0 bridgehead atoms. The molecule has 2 aromatic carbocycles. The zero-order valence-electron chi connectivity index (χ0n) is 14.0. The molecule has 2 amide bonds. The molecule has 2 N–H and O–H groups in total. The van der Waals surface area contributed by atoms with Crippen LogP contribution < -0.4 is 5.32 Å². The Labute approximate surface area is 147 Å². The second-order valence-electron chi connectivity index (χ2n) is 6.22. The van der Waals surface area contributed by atoms with Crippen LogP contribution in [-0.2, 0) is 17.6 Å². The third-order valence-electron chi connectivity index (χ3n) is 4.56. The maximum atomic E-state index is 12.6. The van der Waals surface area contributed by atoms with Crippen LogP contribution in [0.2, 0.25) is 0 Å². The molecular formula is C20H22N2O3. The van der Waals surface area contributed by atoms with E-state index in [-0.39, 0.29) is 25.0 Å². The summed E-state index contributed by atoms with van der Waals surface area (Å²) >= 11 is 0. The number of rotatable bonds is 5. The van der Waals surface area contributed by atoms with Gasteiger partial charge in [0.25, 0.3) is 0 Å². The number of hydrogen-bond donors (Lipinski definition) is 2. The summed E-state index contributed by atoms with van der Waals surface area (Å²) in [5.41, 5.74) is 3.62. The first-order valence-electron chi connectivity index (χ1n) is 8.53. The minimum absolute atomic E-state index is 0.0443. The van der Waals surface area contributed by atoms with Gasteiger partial charge in [0.1, 0.15) is 0 Å². The number of carbonyl (C=O) groups is 2. The number of nitrogens with zero attached hydrogens (tertiary/aromatic N) is 1. The van der Waals surface area contributed by atoms with Crippen molar-refractivity contribution in [2.24, 2.45) is 0 Å². The summed E-state index contributed by atoms with van der Waals surface area (Å²) in [6, 6.07) is 18.1. The smallest absolute Gasteiger partial charge is 0.317 e. The molecule has 0 spiro atoms. The highest BCUT2D eigenvalue weighted by atomic mass is 16.4. The van der Waals surface area contributed by atoms with E-state index in [4.69, 9.17) is 5.11 Å². The Morgan fingerprint density at radius 3 is 2.56 bits per heavy atom. The van der Waals surface area contributed by atoms with Gasteiger partial charge >= 0.3 is 12.0 Å². The highest BCUT2D eigenvalue weighted by molar-refractivity contribution is 5.76. The van der Waals surface area contributed by atoms with Gasteiger partial charge in [-0.05, 0) is 29.5 Å². The lowest BCUT2D eigenvalue weighted by molar-refractivity contribution is -0.136. The van der Waals surface area contributed by atoms with E-state index in [0.717, 1.165) is 12.8 Å². The monoisotopic (exact) mass is 338 g/mol. The summed E-state index contributed by atoms with van der Waals surface area (Å²) in [6.45, 7) is 0.776. The van der Waals surface area contributed by atoms with Crippen molar-refractivity contribution in [3.05, 3.63) is 71.3 Å². The van der Waals surface area contributed by atoms with Gasteiger partial charge in [0.15, 0.2) is 0 Å². The van der Waals surface area contributed by atoms with Gasteiger partial charge in [-0.2, -0.15) is 0 Å². The van der Waals surface area contributed by atoms with E-state index in [1.165, 1.54) is 16.7 Å². The molecule has 5 nitrogen and oxygen atoms in total. The topological polar surface area (TPSA) is 69.6 Å². The van der Waals surface area contributed by atoms with Gasteiger partial charge in [-0.3, -0.25) is 4.79 Å². The average Bonchev–Trinajstić information content (AvgIpc) is 2.62. The standard InChI is InChI=1S/C20H22N2O3/c23-19(24)10-12-21-20(25)22-13-11-16-8-4-5-9-17(16)18(22)14-15-6-2-1-3-7-15/h1-9,18H,10-14H2,(H,21,25)(H,23,24). The number of hydrogen-bond acceptors (Lipinski definition) is 2. The van der Waals surface area contributed by atoms with Gasteiger partial charge in [0.2, 0.25) is 0 Å². The molecule has 0 saturated heterocycles. The summed E-state index contributed by atoms with van der Waals surface area (Å²) in [6.07, 6.45) is 1.48. The Kier molecular flexibility index (Phi) is 5.33. The molecule has 5 heteroatoms. The largest absolute Gasteiger partial charge is 0.481 e. The third kappa shape index (κ3) is 4.18. The molecule has 0 fully saturated rings. The maximum absolute atomic E-state index is 12.6. The summed E-state index contributed by atoms with van der Waals surface area (Å²) in [4.78, 5) is 25.1. The van der Waals surface area contributed by atoms with E-state index in [2.05, 4.69) is 29.6 Å². The molecule has 0 aliphatic carbocycles. The SMILES string of the molecule is O=C(O)CCNC(=O)N1CCc2ccccc2C1Cc1ccccc1. The first-order valence-corrected chi connectivity index (χ1v) is 8.53. The molecule has 0 aromatic heterocycles. The van der Waals surface area contributed by atoms with Crippen molar-refractivity contribution >= 4 is 12.0 Å². The summed E-state index contributed by atoms with van der Waals surface area (Å²) in [7, 11) is 0. The van der Waals surface area contributed by atoms with Crippen LogP contribution in [0.5, 0.6) is 0 Å². The number of carboxylic acids is 1. The second-order valence-corrected chi connectivity index (χ2v) is 6.22. The van der Waals surface area contributed by atoms with Crippen molar-refractivity contribution in [1.29, 1.82) is 0 Å². The zero-order valence-corrected chi connectivity index (χ0v) is 14.0. The van der Waals surface area contributed by atoms with E-state index in [9.17, 15) is 9.59 Å². The first kappa shape index (κ1) is 17.0. The Morgan fingerprint density at radius 1 is 1.08 bits per heavy atom. The van der Waals surface area contributed by atoms with Crippen LogP contribution in [0.1, 0.15) is 29.2 Å². The lowest BCUT2D eigenvalue weighted by atomic mass is 9.89. The zero-order chi connectivity index (χ0) is 17.6. The molecule has 0 radical (unpaired) electrons. The molecule has 1 atom stereocenters. The maximum Gasteiger partial charge on any atom is 0.317 e. The molecule has 1 aliphatic rings. The van der Waals surface area contributed by atoms with Crippen molar-refractivity contribution < 1.29 is 14.7 Å². The molecule has 3 rings (SSSR count). The Hall–Kier alpha value is -2.82. The molecule has 1 aliphatic heterocycles. The summed E-state index contributed by atoms with van der Waals surface area (Å²) in [5.74, 6) is -0.912. The van der Waals surface area contributed by atoms with Crippen molar-refractivity contribution in [1.82, 2.24) is 10.2 Å². The van der Waals surface area contributed by atoms with Crippen LogP contribution in [0, 0.1) is 0 Å². The van der Waals surface area contributed by atoms with Crippen LogP contribution in [0.25, 0.3) is 0 Å². The highest BCUT2D eigenvalue weighted by Crippen LogP contribution is 2.32. The van der Waals surface area contributed by atoms with E-state index >= 15 is 0 Å². The number of carboxylic acid groups (broad SMARTS) is 1. The van der Waals surface area contributed by atoms with Crippen molar-refractivity contribution in [2.75, 3.05) is 13.1 Å². The molecule has 1 unspecified atom stereocenters. The number of fused-ring (bicyclic) bond motifs is 1. The van der Waals surface area contributed by atoms with E-state index < -0.39 is 5.97 Å². The molecule has 130 valence electrons. The van der Waals surface area contributed by atoms with Gasteiger partial charge in [-0.1, -0.05) is 54.6 Å². The quantitative estimate of drug-likeness (QED) is 0.880. The van der Waals surface area contributed by atoms with Crippen LogP contribution in [-0.4, -0.2) is 35.1 Å². The lowest BCUT2D eigenvalue weighted by Crippen LogP contribution is -2.46. The first-order chi connectivity index (χ1) is 12.1. The van der Waals surface area contributed by atoms with Gasteiger partial charge in [-0.15, -0.1) is 0 Å². The lowest BCUT2D eigenvalue weighted by Gasteiger charge is -2.37. The van der Waals surface area contributed by atoms with Crippen molar-refractivity contribution in [3.8, 4) is 0 Å². The number of amides is 2. The minimum Gasteiger partial charge on any atom is -0.481 e. The number of urea groups is 1. The van der Waals surface area contributed by atoms with Gasteiger partial charge in [-0.25, -0.2) is 4.79 Å². The Balaban J connectivity index is 1.81. The molecular weight excluding hydrogens is 316 g/mol. The van der Waals surface area contributed by atoms with Crippen LogP contribution in [0.15, 0.2) is 54.6 Å².